The van der Waals surface area contributed by atoms with Crippen LogP contribution < -0.4 is 20.4 Å². The molecule has 40 heavy (non-hydrogen) atoms. The first-order valence-electron chi connectivity index (χ1n) is 11.4. The van der Waals surface area contributed by atoms with Crippen LogP contribution in [0.3, 0.4) is 0 Å². The van der Waals surface area contributed by atoms with E-state index in [0.29, 0.717) is 0 Å². The maximum Gasteiger partial charge on any atom is 0.0715 e. The fourth-order valence-corrected chi connectivity index (χ4v) is 2.30. The standard InChI is InChI=1S/4C7H6O2.C3H5.Ti/c4*8-7(9)6-4-2-1-3-5-6;1-3-2;/h4*1-5H,(H,8,9);3H,1-2H2;/q;;;;;+4/p-4. The first-order chi connectivity index (χ1) is 19.1. The van der Waals surface area contributed by atoms with Crippen LogP contribution in [0, 0.1) is 0 Å². The Kier molecular flexibility index (Phi) is 19.6. The molecule has 0 aliphatic rings. The van der Waals surface area contributed by atoms with Gasteiger partial charge in [-0.25, -0.2) is 0 Å². The van der Waals surface area contributed by atoms with Crippen LogP contribution in [0.5, 0.6) is 0 Å². The van der Waals surface area contributed by atoms with Crippen LogP contribution in [0.15, 0.2) is 134 Å². The molecule has 0 atom stereocenters. The van der Waals surface area contributed by atoms with Gasteiger partial charge in [0.05, 0.1) is 23.9 Å². The van der Waals surface area contributed by atoms with Gasteiger partial charge in [0, 0.05) is 0 Å². The number of allylic oxidation sites excluding steroid dienone is 1. The van der Waals surface area contributed by atoms with Crippen molar-refractivity contribution in [3.63, 3.8) is 0 Å². The van der Waals surface area contributed by atoms with Crippen LogP contribution in [0.1, 0.15) is 41.4 Å². The maximum absolute atomic E-state index is 10.1. The summed E-state index contributed by atoms with van der Waals surface area (Å²) in [6.07, 6.45) is 1.88. The van der Waals surface area contributed by atoms with Gasteiger partial charge < -0.3 is 39.6 Å². The molecule has 0 bridgehead atoms. The fraction of sp³-hybridized carbons (Fsp3) is 0.0323. The van der Waals surface area contributed by atoms with E-state index in [1.165, 1.54) is 48.5 Å². The number of hydrogen-bond donors (Lipinski definition) is 0. The Morgan fingerprint density at radius 3 is 0.700 bits per heavy atom. The second-order valence-electron chi connectivity index (χ2n) is 7.11. The molecule has 0 N–H and O–H groups in total. The Hall–Kier alpha value is -4.79. The van der Waals surface area contributed by atoms with Gasteiger partial charge in [0.1, 0.15) is 0 Å². The van der Waals surface area contributed by atoms with Crippen molar-refractivity contribution in [2.75, 3.05) is 0 Å². The quantitative estimate of drug-likeness (QED) is 0.255. The summed E-state index contributed by atoms with van der Waals surface area (Å²) in [7, 11) is 0. The van der Waals surface area contributed by atoms with Crippen molar-refractivity contribution in [2.24, 2.45) is 0 Å². The zero-order valence-corrected chi connectivity index (χ0v) is 22.9. The van der Waals surface area contributed by atoms with Crippen molar-refractivity contribution in [2.45, 2.75) is 4.73 Å². The van der Waals surface area contributed by atoms with Crippen molar-refractivity contribution in [1.29, 1.82) is 0 Å². The average Bonchev–Trinajstić information content (AvgIpc) is 3.00. The SMILES string of the molecule is C=C[CH2][Ti+4].O=C([O-])c1ccccc1.O=C([O-])c1ccccc1.O=C([O-])c1ccccc1.O=C([O-])c1ccccc1. The van der Waals surface area contributed by atoms with Crippen LogP contribution >= 0.6 is 0 Å². The number of benzene rings is 4. The summed E-state index contributed by atoms with van der Waals surface area (Å²) in [4.78, 5) is 40.4. The molecule has 4 aromatic carbocycles. The summed E-state index contributed by atoms with van der Waals surface area (Å²) < 4.78 is 1.08. The second kappa shape index (κ2) is 22.2. The Morgan fingerprint density at radius 2 is 0.625 bits per heavy atom. The van der Waals surface area contributed by atoms with Crippen molar-refractivity contribution >= 4 is 23.9 Å². The van der Waals surface area contributed by atoms with Crippen molar-refractivity contribution in [3.8, 4) is 0 Å². The zero-order valence-electron chi connectivity index (χ0n) is 21.3. The van der Waals surface area contributed by atoms with Gasteiger partial charge in [-0.1, -0.05) is 121 Å². The molecule has 4 rings (SSSR count). The summed E-state index contributed by atoms with van der Waals surface area (Å²) in [5, 5.41) is 40.4. The molecule has 0 saturated carbocycles. The molecular weight excluding hydrogens is 548 g/mol. The number of aromatic carboxylic acids is 4. The minimum Gasteiger partial charge on any atom is -0.545 e. The third-order valence-corrected chi connectivity index (χ3v) is 4.63. The Morgan fingerprint density at radius 1 is 0.475 bits per heavy atom. The van der Waals surface area contributed by atoms with Gasteiger partial charge in [0.15, 0.2) is 0 Å². The van der Waals surface area contributed by atoms with Gasteiger partial charge in [-0.15, -0.1) is 0 Å². The minimum atomic E-state index is -1.13. The van der Waals surface area contributed by atoms with Gasteiger partial charge >= 0.3 is 37.8 Å². The number of carbonyl (C=O) groups is 4. The molecule has 0 heterocycles. The molecule has 0 aromatic heterocycles. The monoisotopic (exact) mass is 573 g/mol. The molecular formula is C31H25O8Ti. The van der Waals surface area contributed by atoms with Gasteiger partial charge in [-0.05, 0) is 22.3 Å². The summed E-state index contributed by atoms with van der Waals surface area (Å²) in [5.74, 6) is -4.52. The predicted octanol–water partition coefficient (Wildman–Crippen LogP) is 1.34. The van der Waals surface area contributed by atoms with E-state index in [4.69, 9.17) is 0 Å². The smallest absolute Gasteiger partial charge is 0.0715 e. The van der Waals surface area contributed by atoms with E-state index in [9.17, 15) is 39.6 Å². The zero-order chi connectivity index (χ0) is 30.2. The number of carboxylic acid groups (broad SMARTS) is 4. The number of carbonyl (C=O) groups excluding carboxylic acids is 4. The number of carboxylic acids is 4. The Balaban J connectivity index is 0.000000485. The van der Waals surface area contributed by atoms with E-state index in [-0.39, 0.29) is 22.3 Å². The van der Waals surface area contributed by atoms with E-state index in [2.05, 4.69) is 27.0 Å². The molecule has 0 radical (unpaired) electrons. The van der Waals surface area contributed by atoms with Crippen LogP contribution in [0.4, 0.5) is 0 Å². The number of rotatable bonds is 5. The molecule has 0 fully saturated rings. The molecule has 0 aliphatic heterocycles. The Labute approximate surface area is 244 Å². The average molecular weight is 573 g/mol. The van der Waals surface area contributed by atoms with Gasteiger partial charge in [-0.3, -0.25) is 0 Å². The summed E-state index contributed by atoms with van der Waals surface area (Å²) in [6.45, 7) is 3.48. The topological polar surface area (TPSA) is 161 Å². The first-order valence-corrected chi connectivity index (χ1v) is 12.5. The van der Waals surface area contributed by atoms with Crippen LogP contribution in [0.25, 0.3) is 0 Å². The largest absolute Gasteiger partial charge is 0.545 e. The normalized spacial score (nSPS) is 8.65. The van der Waals surface area contributed by atoms with E-state index in [1.807, 2.05) is 6.08 Å². The summed E-state index contributed by atoms with van der Waals surface area (Å²) in [5.41, 5.74) is 0.880. The third kappa shape index (κ3) is 17.6. The minimum absolute atomic E-state index is 0.220. The Bertz CT molecular complexity index is 1080. The molecule has 9 heteroatoms. The summed E-state index contributed by atoms with van der Waals surface area (Å²) in [6, 6.07) is 32.3. The molecule has 8 nitrogen and oxygen atoms in total. The van der Waals surface area contributed by atoms with Gasteiger partial charge in [-0.2, -0.15) is 0 Å². The van der Waals surface area contributed by atoms with E-state index in [1.54, 1.807) is 72.8 Å². The van der Waals surface area contributed by atoms with Crippen molar-refractivity contribution in [1.82, 2.24) is 0 Å². The van der Waals surface area contributed by atoms with Gasteiger partial charge in [0.25, 0.3) is 0 Å². The second-order valence-corrected chi connectivity index (χ2v) is 7.74. The van der Waals surface area contributed by atoms with Crippen molar-refractivity contribution < 1.29 is 60.0 Å². The molecule has 0 unspecified atom stereocenters. The maximum atomic E-state index is 10.1. The molecule has 201 valence electrons. The molecule has 4 aromatic rings. The predicted molar refractivity (Wildman–Crippen MR) is 138 cm³/mol. The number of hydrogen-bond acceptors (Lipinski definition) is 8. The van der Waals surface area contributed by atoms with Gasteiger partial charge in [0.2, 0.25) is 0 Å². The van der Waals surface area contributed by atoms with Crippen molar-refractivity contribution in [3.05, 3.63) is 156 Å². The molecule has 0 amide bonds. The molecule has 0 spiro atoms. The van der Waals surface area contributed by atoms with Crippen LogP contribution in [0.2, 0.25) is 4.73 Å². The fourth-order valence-electron chi connectivity index (χ4n) is 2.30. The summed E-state index contributed by atoms with van der Waals surface area (Å²) >= 11 is 2.06. The van der Waals surface area contributed by atoms with Crippen LogP contribution in [-0.2, 0) is 20.4 Å². The molecule has 0 aliphatic carbocycles. The van der Waals surface area contributed by atoms with Crippen LogP contribution in [-0.4, -0.2) is 23.9 Å². The third-order valence-electron chi connectivity index (χ3n) is 4.18. The van der Waals surface area contributed by atoms with E-state index in [0.717, 1.165) is 4.73 Å². The first kappa shape index (κ1) is 35.2. The van der Waals surface area contributed by atoms with E-state index >= 15 is 0 Å². The van der Waals surface area contributed by atoms with E-state index < -0.39 is 23.9 Å². The molecule has 0 saturated heterocycles.